The number of pyridine rings is 1. The van der Waals surface area contributed by atoms with Gasteiger partial charge in [0.1, 0.15) is 0 Å². The largest absolute Gasteiger partial charge is 0.300 e. The van der Waals surface area contributed by atoms with Crippen molar-refractivity contribution in [3.8, 4) is 11.3 Å². The number of nitrogens with one attached hydrogen (secondary N) is 1. The van der Waals surface area contributed by atoms with Gasteiger partial charge in [0.2, 0.25) is 0 Å². The third-order valence-corrected chi connectivity index (χ3v) is 5.88. The Morgan fingerprint density at radius 3 is 2.50 bits per heavy atom. The molecular weight excluding hydrogens is 392 g/mol. The van der Waals surface area contributed by atoms with Gasteiger partial charge in [0, 0.05) is 34.4 Å². The summed E-state index contributed by atoms with van der Waals surface area (Å²) < 4.78 is 2.18. The van der Waals surface area contributed by atoms with E-state index in [0.717, 1.165) is 41.9 Å². The molecule has 2 aromatic heterocycles. The van der Waals surface area contributed by atoms with Gasteiger partial charge < -0.3 is 0 Å². The molecule has 30 heavy (non-hydrogen) atoms. The van der Waals surface area contributed by atoms with Gasteiger partial charge in [-0.2, -0.15) is 0 Å². The number of rotatable bonds is 7. The topological polar surface area (TPSA) is 33.1 Å². The van der Waals surface area contributed by atoms with Crippen LogP contribution in [0.15, 0.2) is 66.9 Å². The Kier molecular flexibility index (Phi) is 6.07. The molecule has 0 unspecified atom stereocenters. The van der Waals surface area contributed by atoms with E-state index in [1.54, 1.807) is 0 Å². The lowest BCUT2D eigenvalue weighted by atomic mass is 10.1. The van der Waals surface area contributed by atoms with Gasteiger partial charge in [-0.15, -0.1) is 0 Å². The second-order valence-corrected chi connectivity index (χ2v) is 7.87. The van der Waals surface area contributed by atoms with Gasteiger partial charge in [0.25, 0.3) is 0 Å². The van der Waals surface area contributed by atoms with Crippen LogP contribution in [-0.2, 0) is 6.54 Å². The third kappa shape index (κ3) is 4.07. The molecule has 0 radical (unpaired) electrons. The minimum Gasteiger partial charge on any atom is -0.300 e. The molecule has 0 saturated carbocycles. The van der Waals surface area contributed by atoms with Gasteiger partial charge in [-0.05, 0) is 55.9 Å². The molecule has 5 heteroatoms. The normalized spacial score (nSPS) is 11.4. The Hall–Kier alpha value is -2.82. The molecular formula is C25H27ClN4. The Labute approximate surface area is 183 Å². The summed E-state index contributed by atoms with van der Waals surface area (Å²) in [5.74, 6) is 0. The molecule has 4 aromatic rings. The van der Waals surface area contributed by atoms with Crippen LogP contribution in [0.1, 0.15) is 25.1 Å². The molecule has 0 amide bonds. The molecule has 0 atom stereocenters. The molecule has 1 N–H and O–H groups in total. The predicted octanol–water partition coefficient (Wildman–Crippen LogP) is 6.38. The minimum atomic E-state index is 0.702. The molecule has 0 aliphatic heterocycles. The first-order valence-corrected chi connectivity index (χ1v) is 10.8. The first-order valence-electron chi connectivity index (χ1n) is 10.4. The van der Waals surface area contributed by atoms with Gasteiger partial charge in [-0.1, -0.05) is 55.8 Å². The number of hydrogen-bond acceptors (Lipinski definition) is 3. The van der Waals surface area contributed by atoms with E-state index in [1.807, 2.05) is 36.5 Å². The van der Waals surface area contributed by atoms with Crippen molar-refractivity contribution in [2.75, 3.05) is 18.5 Å². The van der Waals surface area contributed by atoms with Crippen molar-refractivity contribution >= 4 is 28.2 Å². The third-order valence-electron chi connectivity index (χ3n) is 5.65. The summed E-state index contributed by atoms with van der Waals surface area (Å²) in [5.41, 5.74) is 10.4. The van der Waals surface area contributed by atoms with Crippen LogP contribution in [0, 0.1) is 6.92 Å². The lowest BCUT2D eigenvalue weighted by Crippen LogP contribution is -2.22. The van der Waals surface area contributed by atoms with Crippen LogP contribution in [0.2, 0.25) is 5.02 Å². The second kappa shape index (κ2) is 8.90. The highest BCUT2D eigenvalue weighted by molar-refractivity contribution is 6.31. The fourth-order valence-electron chi connectivity index (χ4n) is 3.81. The van der Waals surface area contributed by atoms with Crippen LogP contribution in [-0.4, -0.2) is 27.6 Å². The van der Waals surface area contributed by atoms with Crippen LogP contribution in [0.5, 0.6) is 0 Å². The van der Waals surface area contributed by atoms with Crippen molar-refractivity contribution in [2.45, 2.75) is 27.3 Å². The number of nitrogens with zero attached hydrogens (tertiary/aromatic N) is 3. The molecule has 2 heterocycles. The lowest BCUT2D eigenvalue weighted by Gasteiger charge is -2.19. The number of anilines is 1. The van der Waals surface area contributed by atoms with Gasteiger partial charge in [-0.3, -0.25) is 20.0 Å². The van der Waals surface area contributed by atoms with Crippen molar-refractivity contribution in [2.24, 2.45) is 0 Å². The zero-order valence-corrected chi connectivity index (χ0v) is 18.4. The monoisotopic (exact) mass is 418 g/mol. The maximum absolute atomic E-state index is 6.28. The van der Waals surface area contributed by atoms with Crippen LogP contribution in [0.4, 0.5) is 5.69 Å². The smallest absolute Gasteiger partial charge is 0.0724 e. The van der Waals surface area contributed by atoms with Crippen LogP contribution in [0.3, 0.4) is 0 Å². The number of halogens is 1. The van der Waals surface area contributed by atoms with Gasteiger partial charge in [-0.25, -0.2) is 0 Å². The molecule has 2 aromatic carbocycles. The van der Waals surface area contributed by atoms with Crippen LogP contribution in [0.25, 0.3) is 22.2 Å². The molecule has 0 fully saturated rings. The maximum Gasteiger partial charge on any atom is 0.0724 e. The van der Waals surface area contributed by atoms with Crippen molar-refractivity contribution in [3.05, 3.63) is 83.1 Å². The van der Waals surface area contributed by atoms with Gasteiger partial charge in [0.15, 0.2) is 0 Å². The molecule has 0 aliphatic rings. The molecule has 0 saturated heterocycles. The fourth-order valence-corrected chi connectivity index (χ4v) is 3.98. The van der Waals surface area contributed by atoms with E-state index in [0.29, 0.717) is 5.02 Å². The summed E-state index contributed by atoms with van der Waals surface area (Å²) in [4.78, 5) is 6.91. The molecule has 4 nitrogen and oxygen atoms in total. The Balaban J connectivity index is 1.82. The van der Waals surface area contributed by atoms with Crippen molar-refractivity contribution in [1.29, 1.82) is 0 Å². The summed E-state index contributed by atoms with van der Waals surface area (Å²) in [5, 5.41) is 1.70. The van der Waals surface area contributed by atoms with Crippen molar-refractivity contribution in [3.63, 3.8) is 0 Å². The Bertz CT molecular complexity index is 1150. The lowest BCUT2D eigenvalue weighted by molar-refractivity contribution is 0.295. The van der Waals surface area contributed by atoms with E-state index in [4.69, 9.17) is 11.6 Å². The summed E-state index contributed by atoms with van der Waals surface area (Å²) in [7, 11) is 0. The second-order valence-electron chi connectivity index (χ2n) is 7.43. The summed E-state index contributed by atoms with van der Waals surface area (Å²) in [6.07, 6.45) is 1.83. The summed E-state index contributed by atoms with van der Waals surface area (Å²) in [6, 6.07) is 20.6. The number of hydrogen-bond donors (Lipinski definition) is 1. The Morgan fingerprint density at radius 1 is 1.00 bits per heavy atom. The zero-order chi connectivity index (χ0) is 21.1. The first-order chi connectivity index (χ1) is 14.6. The molecule has 154 valence electrons. The molecule has 0 bridgehead atoms. The minimum absolute atomic E-state index is 0.702. The molecule has 0 aliphatic carbocycles. The molecule has 4 rings (SSSR count). The van der Waals surface area contributed by atoms with E-state index in [1.165, 1.54) is 16.8 Å². The summed E-state index contributed by atoms with van der Waals surface area (Å²) >= 11 is 6.28. The van der Waals surface area contributed by atoms with Crippen LogP contribution < -0.4 is 5.43 Å². The van der Waals surface area contributed by atoms with Gasteiger partial charge in [0.05, 0.1) is 16.9 Å². The molecule has 0 spiro atoms. The highest BCUT2D eigenvalue weighted by Gasteiger charge is 2.16. The summed E-state index contributed by atoms with van der Waals surface area (Å²) in [6.45, 7) is 9.58. The maximum atomic E-state index is 6.28. The van der Waals surface area contributed by atoms with E-state index in [2.05, 4.69) is 71.1 Å². The average Bonchev–Trinajstić information content (AvgIpc) is 3.08. The van der Waals surface area contributed by atoms with E-state index < -0.39 is 0 Å². The highest BCUT2D eigenvalue weighted by Crippen LogP contribution is 2.30. The van der Waals surface area contributed by atoms with Crippen molar-refractivity contribution < 1.29 is 0 Å². The van der Waals surface area contributed by atoms with E-state index >= 15 is 0 Å². The number of benzene rings is 2. The van der Waals surface area contributed by atoms with E-state index in [-0.39, 0.29) is 0 Å². The number of aromatic nitrogens is 2. The predicted molar refractivity (Wildman–Crippen MR) is 127 cm³/mol. The quantitative estimate of drug-likeness (QED) is 0.378. The highest BCUT2D eigenvalue weighted by atomic mass is 35.5. The fraction of sp³-hybridized carbons (Fsp3) is 0.240. The zero-order valence-electron chi connectivity index (χ0n) is 17.7. The number of fused-ring (bicyclic) bond motifs is 1. The van der Waals surface area contributed by atoms with Gasteiger partial charge >= 0.3 is 0 Å². The first kappa shape index (κ1) is 20.5. The van der Waals surface area contributed by atoms with Crippen LogP contribution >= 0.6 is 11.6 Å². The van der Waals surface area contributed by atoms with Crippen molar-refractivity contribution in [1.82, 2.24) is 14.6 Å². The Morgan fingerprint density at radius 2 is 1.77 bits per heavy atom. The average molecular weight is 419 g/mol. The van der Waals surface area contributed by atoms with E-state index in [9.17, 15) is 0 Å². The SMILES string of the molecule is CCN(CC)Cc1cc(-c2ccccc2)n(Nc2ccnc3ccc(Cl)cc23)c1C. The standard InChI is InChI=1S/C25H27ClN4/c1-4-29(5-2)17-20-15-25(19-9-7-6-8-10-19)30(18(20)3)28-24-13-14-27-23-12-11-21(26)16-22(23)24/h6-16H,4-5,17H2,1-3H3,(H,27,28).